The van der Waals surface area contributed by atoms with E-state index in [0.717, 1.165) is 12.8 Å². The quantitative estimate of drug-likeness (QED) is 0.882. The lowest BCUT2D eigenvalue weighted by molar-refractivity contribution is -0.143. The summed E-state index contributed by atoms with van der Waals surface area (Å²) in [5.74, 6) is 0.486. The van der Waals surface area contributed by atoms with Crippen LogP contribution < -0.4 is 0 Å². The average Bonchev–Trinajstić information content (AvgIpc) is 2.86. The largest absolute Gasteiger partial charge is 0.481 e. The first kappa shape index (κ1) is 14.0. The van der Waals surface area contributed by atoms with E-state index in [9.17, 15) is 4.79 Å². The van der Waals surface area contributed by atoms with E-state index < -0.39 is 5.97 Å². The molecule has 6 heteroatoms. The zero-order chi connectivity index (χ0) is 13.8. The van der Waals surface area contributed by atoms with E-state index >= 15 is 0 Å². The number of aromatic nitrogens is 2. The Labute approximate surface area is 112 Å². The van der Waals surface area contributed by atoms with Gasteiger partial charge in [-0.1, -0.05) is 19.0 Å². The second kappa shape index (κ2) is 6.14. The molecule has 0 radical (unpaired) electrons. The first-order valence-corrected chi connectivity index (χ1v) is 6.73. The summed E-state index contributed by atoms with van der Waals surface area (Å²) >= 11 is 0. The highest BCUT2D eigenvalue weighted by Crippen LogP contribution is 2.26. The third-order valence-corrected chi connectivity index (χ3v) is 3.45. The Kier molecular flexibility index (Phi) is 4.52. The Bertz CT molecular complexity index is 422. The molecular weight excluding hydrogens is 248 g/mol. The Morgan fingerprint density at radius 2 is 2.11 bits per heavy atom. The number of ether oxygens (including phenoxy) is 1. The molecule has 0 aromatic carbocycles. The maximum atomic E-state index is 10.8. The van der Waals surface area contributed by atoms with Crippen LogP contribution >= 0.6 is 0 Å². The molecule has 1 heterocycles. The third-order valence-electron chi connectivity index (χ3n) is 3.45. The summed E-state index contributed by atoms with van der Waals surface area (Å²) in [5, 5.41) is 12.8. The summed E-state index contributed by atoms with van der Waals surface area (Å²) in [4.78, 5) is 15.1. The minimum absolute atomic E-state index is 0.108. The highest BCUT2D eigenvalue weighted by atomic mass is 16.5. The Hall–Kier alpha value is -1.43. The van der Waals surface area contributed by atoms with Crippen molar-refractivity contribution in [2.75, 3.05) is 0 Å². The van der Waals surface area contributed by atoms with Gasteiger partial charge in [0, 0.05) is 5.92 Å². The molecule has 106 valence electrons. The van der Waals surface area contributed by atoms with Crippen molar-refractivity contribution in [2.24, 2.45) is 5.92 Å². The summed E-state index contributed by atoms with van der Waals surface area (Å²) in [6, 6.07) is 0. The minimum atomic E-state index is -0.696. The first-order chi connectivity index (χ1) is 9.06. The summed E-state index contributed by atoms with van der Waals surface area (Å²) < 4.78 is 10.8. The van der Waals surface area contributed by atoms with Gasteiger partial charge in [-0.3, -0.25) is 4.79 Å². The molecule has 0 atom stereocenters. The summed E-state index contributed by atoms with van der Waals surface area (Å²) in [5.41, 5.74) is 0. The van der Waals surface area contributed by atoms with E-state index in [1.165, 1.54) is 0 Å². The van der Waals surface area contributed by atoms with Gasteiger partial charge in [0.05, 0.1) is 12.0 Å². The molecule has 0 unspecified atom stereocenters. The molecule has 6 nitrogen and oxygen atoms in total. The van der Waals surface area contributed by atoms with E-state index in [4.69, 9.17) is 14.4 Å². The summed E-state index contributed by atoms with van der Waals surface area (Å²) in [7, 11) is 0. The molecule has 0 amide bonds. The standard InChI is InChI=1S/C13H20N2O4/c1-8(2)12-14-11(15-19-12)7-18-10-5-3-9(4-6-10)13(16)17/h8-10H,3-7H2,1-2H3,(H,16,17). The molecule has 1 aliphatic rings. The molecule has 19 heavy (non-hydrogen) atoms. The van der Waals surface area contributed by atoms with E-state index in [1.54, 1.807) is 0 Å². The fraction of sp³-hybridized carbons (Fsp3) is 0.769. The molecule has 1 saturated carbocycles. The molecule has 0 spiro atoms. The second-order valence-electron chi connectivity index (χ2n) is 5.33. The molecule has 1 aliphatic carbocycles. The lowest BCUT2D eigenvalue weighted by Crippen LogP contribution is -2.26. The topological polar surface area (TPSA) is 85.5 Å². The van der Waals surface area contributed by atoms with Crippen molar-refractivity contribution in [3.8, 4) is 0 Å². The maximum Gasteiger partial charge on any atom is 0.306 e. The van der Waals surface area contributed by atoms with Crippen molar-refractivity contribution in [3.63, 3.8) is 0 Å². The van der Waals surface area contributed by atoms with Crippen molar-refractivity contribution in [1.82, 2.24) is 10.1 Å². The van der Waals surface area contributed by atoms with Crippen LogP contribution in [0.4, 0.5) is 0 Å². The maximum absolute atomic E-state index is 10.8. The molecular formula is C13H20N2O4. The Morgan fingerprint density at radius 1 is 1.42 bits per heavy atom. The van der Waals surface area contributed by atoms with Crippen LogP contribution in [0.2, 0.25) is 0 Å². The van der Waals surface area contributed by atoms with E-state index in [0.29, 0.717) is 31.2 Å². The van der Waals surface area contributed by atoms with Gasteiger partial charge in [-0.15, -0.1) is 0 Å². The number of hydrogen-bond acceptors (Lipinski definition) is 5. The van der Waals surface area contributed by atoms with Crippen molar-refractivity contribution >= 4 is 5.97 Å². The van der Waals surface area contributed by atoms with Gasteiger partial charge >= 0.3 is 5.97 Å². The molecule has 0 aliphatic heterocycles. The average molecular weight is 268 g/mol. The SMILES string of the molecule is CC(C)c1nc(COC2CCC(C(=O)O)CC2)no1. The van der Waals surface area contributed by atoms with E-state index in [2.05, 4.69) is 10.1 Å². The smallest absolute Gasteiger partial charge is 0.306 e. The van der Waals surface area contributed by atoms with E-state index in [-0.39, 0.29) is 17.9 Å². The number of nitrogens with zero attached hydrogens (tertiary/aromatic N) is 2. The monoisotopic (exact) mass is 268 g/mol. The van der Waals surface area contributed by atoms with Gasteiger partial charge in [0.1, 0.15) is 6.61 Å². The molecule has 1 N–H and O–H groups in total. The van der Waals surface area contributed by atoms with Crippen LogP contribution in [0.5, 0.6) is 0 Å². The first-order valence-electron chi connectivity index (χ1n) is 6.73. The fourth-order valence-electron chi connectivity index (χ4n) is 2.23. The number of carboxylic acid groups (broad SMARTS) is 1. The zero-order valence-corrected chi connectivity index (χ0v) is 11.3. The second-order valence-corrected chi connectivity index (χ2v) is 5.33. The van der Waals surface area contributed by atoms with E-state index in [1.807, 2.05) is 13.8 Å². The Balaban J connectivity index is 1.75. The predicted molar refractivity (Wildman–Crippen MR) is 66.6 cm³/mol. The van der Waals surface area contributed by atoms with Crippen LogP contribution in [0.1, 0.15) is 57.2 Å². The van der Waals surface area contributed by atoms with Crippen molar-refractivity contribution < 1.29 is 19.2 Å². The van der Waals surface area contributed by atoms with Gasteiger partial charge in [-0.05, 0) is 25.7 Å². The summed E-state index contributed by atoms with van der Waals surface area (Å²) in [6.45, 7) is 4.31. The molecule has 1 fully saturated rings. The van der Waals surface area contributed by atoms with Gasteiger partial charge in [0.25, 0.3) is 0 Å². The lowest BCUT2D eigenvalue weighted by atomic mass is 9.87. The van der Waals surface area contributed by atoms with Gasteiger partial charge in [-0.2, -0.15) is 4.98 Å². The highest BCUT2D eigenvalue weighted by Gasteiger charge is 2.26. The number of carbonyl (C=O) groups is 1. The molecule has 0 bridgehead atoms. The van der Waals surface area contributed by atoms with Crippen LogP contribution in [0.25, 0.3) is 0 Å². The highest BCUT2D eigenvalue weighted by molar-refractivity contribution is 5.70. The molecule has 0 saturated heterocycles. The van der Waals surface area contributed by atoms with Crippen LogP contribution in [0, 0.1) is 5.92 Å². The minimum Gasteiger partial charge on any atom is -0.481 e. The fourth-order valence-corrected chi connectivity index (χ4v) is 2.23. The van der Waals surface area contributed by atoms with Gasteiger partial charge in [0.2, 0.25) is 5.89 Å². The normalized spacial score (nSPS) is 23.7. The van der Waals surface area contributed by atoms with Crippen LogP contribution in [-0.2, 0) is 16.1 Å². The third kappa shape index (κ3) is 3.76. The van der Waals surface area contributed by atoms with Crippen LogP contribution in [0.15, 0.2) is 4.52 Å². The van der Waals surface area contributed by atoms with Crippen molar-refractivity contribution in [3.05, 3.63) is 11.7 Å². The number of carboxylic acids is 1. The molecule has 2 rings (SSSR count). The van der Waals surface area contributed by atoms with Crippen molar-refractivity contribution in [1.29, 1.82) is 0 Å². The Morgan fingerprint density at radius 3 is 2.63 bits per heavy atom. The van der Waals surface area contributed by atoms with Crippen LogP contribution in [-0.4, -0.2) is 27.3 Å². The number of rotatable bonds is 5. The summed E-state index contributed by atoms with van der Waals surface area (Å²) in [6.07, 6.45) is 3.04. The predicted octanol–water partition coefficient (Wildman–Crippen LogP) is 2.35. The molecule has 1 aromatic heterocycles. The zero-order valence-electron chi connectivity index (χ0n) is 11.3. The van der Waals surface area contributed by atoms with Crippen molar-refractivity contribution in [2.45, 2.75) is 58.2 Å². The molecule has 1 aromatic rings. The van der Waals surface area contributed by atoms with Gasteiger partial charge in [0.15, 0.2) is 5.82 Å². The number of hydrogen-bond donors (Lipinski definition) is 1. The van der Waals surface area contributed by atoms with Gasteiger partial charge < -0.3 is 14.4 Å². The van der Waals surface area contributed by atoms with Gasteiger partial charge in [-0.25, -0.2) is 0 Å². The lowest BCUT2D eigenvalue weighted by Gasteiger charge is -2.25. The number of aliphatic carboxylic acids is 1. The van der Waals surface area contributed by atoms with Crippen LogP contribution in [0.3, 0.4) is 0 Å².